The van der Waals surface area contributed by atoms with Gasteiger partial charge < -0.3 is 9.64 Å². The number of amides is 1. The molecule has 0 atom stereocenters. The van der Waals surface area contributed by atoms with E-state index in [0.717, 1.165) is 6.26 Å². The number of halogens is 2. The van der Waals surface area contributed by atoms with Crippen LogP contribution in [0.1, 0.15) is 44.0 Å². The number of hydrogen-bond acceptors (Lipinski definition) is 8. The van der Waals surface area contributed by atoms with Crippen LogP contribution in [0.3, 0.4) is 0 Å². The van der Waals surface area contributed by atoms with Gasteiger partial charge in [-0.05, 0) is 38.8 Å². The van der Waals surface area contributed by atoms with Crippen molar-refractivity contribution in [2.24, 2.45) is 0 Å². The number of alkyl halides is 2. The molecule has 0 fully saturated rings. The number of benzene rings is 1. The van der Waals surface area contributed by atoms with Crippen LogP contribution in [-0.4, -0.2) is 62.0 Å². The zero-order valence-electron chi connectivity index (χ0n) is 19.6. The average Bonchev–Trinajstić information content (AvgIpc) is 2.95. The van der Waals surface area contributed by atoms with Gasteiger partial charge in [0.1, 0.15) is 11.3 Å². The summed E-state index contributed by atoms with van der Waals surface area (Å²) in [5.74, 6) is -3.69. The minimum atomic E-state index is -4.01. The maximum atomic E-state index is 14.5. The Hall–Kier alpha value is -2.67. The summed E-state index contributed by atoms with van der Waals surface area (Å²) in [4.78, 5) is 21.5. The molecule has 1 aliphatic carbocycles. The molecule has 4 rings (SSSR count). The van der Waals surface area contributed by atoms with Crippen molar-refractivity contribution in [2.75, 3.05) is 18.6 Å². The molecule has 9 nitrogen and oxygen atoms in total. The highest BCUT2D eigenvalue weighted by atomic mass is 32.2. The highest BCUT2D eigenvalue weighted by Crippen LogP contribution is 2.44. The van der Waals surface area contributed by atoms with Crippen molar-refractivity contribution in [1.29, 1.82) is 0 Å². The van der Waals surface area contributed by atoms with E-state index >= 15 is 0 Å². The van der Waals surface area contributed by atoms with Crippen molar-refractivity contribution in [2.45, 2.75) is 61.7 Å². The highest BCUT2D eigenvalue weighted by Gasteiger charge is 2.44. The van der Waals surface area contributed by atoms with Crippen LogP contribution in [-0.2, 0) is 43.3 Å². The summed E-state index contributed by atoms with van der Waals surface area (Å²) < 4.78 is 84.6. The molecule has 1 aromatic heterocycles. The van der Waals surface area contributed by atoms with E-state index in [1.165, 1.54) is 23.1 Å². The second kappa shape index (κ2) is 8.19. The number of nitrogens with zero attached hydrogens (tertiary/aromatic N) is 3. The maximum absolute atomic E-state index is 14.5. The van der Waals surface area contributed by atoms with Crippen molar-refractivity contribution in [3.63, 3.8) is 0 Å². The first-order chi connectivity index (χ1) is 16.0. The van der Waals surface area contributed by atoms with Crippen LogP contribution in [0.2, 0.25) is 0 Å². The molecular weight excluding hydrogens is 504 g/mol. The molecule has 0 bridgehead atoms. The standard InChI is InChI=1S/C22H25F2N3O6S2/c1-21(2,3)33-20(28)27-9-10-35(31,32)16-11-13(5-6-14(16)12-27)17-15-7-8-22(23,24)18(15)26-19(25-17)34(4,29)30/h5-6,11H,7-10,12H2,1-4H3. The van der Waals surface area contributed by atoms with Crippen LogP contribution in [0.4, 0.5) is 13.6 Å². The van der Waals surface area contributed by atoms with Gasteiger partial charge >= 0.3 is 6.09 Å². The van der Waals surface area contributed by atoms with Crippen molar-refractivity contribution in [3.8, 4) is 11.3 Å². The minimum absolute atomic E-state index is 0.0295. The highest BCUT2D eigenvalue weighted by molar-refractivity contribution is 7.91. The fourth-order valence-electron chi connectivity index (χ4n) is 4.04. The molecule has 2 heterocycles. The molecule has 0 spiro atoms. The molecule has 0 N–H and O–H groups in total. The largest absolute Gasteiger partial charge is 0.444 e. The Morgan fingerprint density at radius 2 is 1.89 bits per heavy atom. The molecule has 2 aliphatic rings. The molecule has 0 radical (unpaired) electrons. The van der Waals surface area contributed by atoms with Gasteiger partial charge in [-0.15, -0.1) is 0 Å². The summed E-state index contributed by atoms with van der Waals surface area (Å²) in [5.41, 5.74) is -0.864. The van der Waals surface area contributed by atoms with Gasteiger partial charge in [0, 0.05) is 30.3 Å². The first kappa shape index (κ1) is 25.4. The van der Waals surface area contributed by atoms with Crippen LogP contribution < -0.4 is 0 Å². The number of rotatable bonds is 2. The SMILES string of the molecule is CC(C)(C)OC(=O)N1CCS(=O)(=O)c2cc(-c3nc(S(C)(=O)=O)nc4c3CCC4(F)F)ccc2C1. The summed E-state index contributed by atoms with van der Waals surface area (Å²) in [6.07, 6.45) is -0.472. The fourth-order valence-corrected chi connectivity index (χ4v) is 6.07. The zero-order valence-corrected chi connectivity index (χ0v) is 21.3. The predicted molar refractivity (Wildman–Crippen MR) is 121 cm³/mol. The summed E-state index contributed by atoms with van der Waals surface area (Å²) in [5, 5.41) is -0.748. The quantitative estimate of drug-likeness (QED) is 0.544. The third-order valence-corrected chi connectivity index (χ3v) is 8.29. The summed E-state index contributed by atoms with van der Waals surface area (Å²) in [6.45, 7) is 4.99. The van der Waals surface area contributed by atoms with E-state index in [1.54, 1.807) is 20.8 Å². The van der Waals surface area contributed by atoms with E-state index < -0.39 is 54.6 Å². The molecule has 0 saturated carbocycles. The average molecular weight is 530 g/mol. The van der Waals surface area contributed by atoms with E-state index in [0.29, 0.717) is 5.56 Å². The van der Waals surface area contributed by atoms with Gasteiger partial charge in [-0.1, -0.05) is 12.1 Å². The van der Waals surface area contributed by atoms with Gasteiger partial charge in [0.2, 0.25) is 15.0 Å². The van der Waals surface area contributed by atoms with Crippen LogP contribution in [0, 0.1) is 0 Å². The second-order valence-corrected chi connectivity index (χ2v) is 13.7. The smallest absolute Gasteiger partial charge is 0.410 e. The molecule has 2 aromatic rings. The van der Waals surface area contributed by atoms with Crippen LogP contribution in [0.15, 0.2) is 28.3 Å². The Labute approximate surface area is 202 Å². The third-order valence-electron chi connectivity index (χ3n) is 5.67. The molecule has 35 heavy (non-hydrogen) atoms. The molecule has 1 aliphatic heterocycles. The number of fused-ring (bicyclic) bond motifs is 2. The number of carbonyl (C=O) groups excluding carboxylic acids is 1. The summed E-state index contributed by atoms with van der Waals surface area (Å²) in [6, 6.07) is 4.26. The van der Waals surface area contributed by atoms with Gasteiger partial charge in [-0.25, -0.2) is 31.6 Å². The van der Waals surface area contributed by atoms with E-state index in [2.05, 4.69) is 9.97 Å². The minimum Gasteiger partial charge on any atom is -0.444 e. The number of sulfone groups is 2. The monoisotopic (exact) mass is 529 g/mol. The predicted octanol–water partition coefficient (Wildman–Crippen LogP) is 3.11. The number of carbonyl (C=O) groups is 1. The van der Waals surface area contributed by atoms with Crippen LogP contribution >= 0.6 is 0 Å². The normalized spacial score (nSPS) is 19.0. The van der Waals surface area contributed by atoms with Gasteiger partial charge in [-0.3, -0.25) is 0 Å². The zero-order chi connectivity index (χ0) is 26.0. The lowest BCUT2D eigenvalue weighted by molar-refractivity contribution is -0.00654. The number of hydrogen-bond donors (Lipinski definition) is 0. The van der Waals surface area contributed by atoms with E-state index in [1.807, 2.05) is 0 Å². The Bertz CT molecular complexity index is 1430. The number of aromatic nitrogens is 2. The molecular formula is C22H25F2N3O6S2. The lowest BCUT2D eigenvalue weighted by atomic mass is 10.0. The Morgan fingerprint density at radius 1 is 1.20 bits per heavy atom. The van der Waals surface area contributed by atoms with E-state index in [-0.39, 0.29) is 47.0 Å². The van der Waals surface area contributed by atoms with E-state index in [9.17, 15) is 30.4 Å². The Balaban J connectivity index is 1.83. The van der Waals surface area contributed by atoms with Gasteiger partial charge in [0.25, 0.3) is 5.92 Å². The lowest BCUT2D eigenvalue weighted by Gasteiger charge is -2.26. The molecule has 190 valence electrons. The maximum Gasteiger partial charge on any atom is 0.410 e. The molecule has 0 unspecified atom stereocenters. The van der Waals surface area contributed by atoms with Crippen molar-refractivity contribution >= 4 is 25.8 Å². The van der Waals surface area contributed by atoms with Crippen LogP contribution in [0.25, 0.3) is 11.3 Å². The van der Waals surface area contributed by atoms with E-state index in [4.69, 9.17) is 4.74 Å². The number of ether oxygens (including phenoxy) is 1. The first-order valence-corrected chi connectivity index (χ1v) is 14.4. The molecule has 1 amide bonds. The van der Waals surface area contributed by atoms with Gasteiger partial charge in [0.05, 0.1) is 22.9 Å². The molecule has 1 aromatic carbocycles. The first-order valence-electron chi connectivity index (χ1n) is 10.8. The topological polar surface area (TPSA) is 124 Å². The Kier molecular flexibility index (Phi) is 5.95. The fraction of sp³-hybridized carbons (Fsp3) is 0.500. The van der Waals surface area contributed by atoms with Crippen molar-refractivity contribution in [1.82, 2.24) is 14.9 Å². The molecule has 0 saturated heterocycles. The second-order valence-electron chi connectivity index (χ2n) is 9.70. The van der Waals surface area contributed by atoms with Gasteiger partial charge in [-0.2, -0.15) is 8.78 Å². The summed E-state index contributed by atoms with van der Waals surface area (Å²) in [7, 11) is -7.87. The lowest BCUT2D eigenvalue weighted by Crippen LogP contribution is -2.37. The Morgan fingerprint density at radius 3 is 2.51 bits per heavy atom. The summed E-state index contributed by atoms with van der Waals surface area (Å²) >= 11 is 0. The van der Waals surface area contributed by atoms with Gasteiger partial charge in [0.15, 0.2) is 9.84 Å². The van der Waals surface area contributed by atoms with Crippen molar-refractivity contribution in [3.05, 3.63) is 35.0 Å². The third kappa shape index (κ3) is 5.01. The molecule has 13 heteroatoms. The van der Waals surface area contributed by atoms with Crippen molar-refractivity contribution < 1.29 is 35.1 Å². The van der Waals surface area contributed by atoms with Crippen LogP contribution in [0.5, 0.6) is 0 Å².